The highest BCUT2D eigenvalue weighted by molar-refractivity contribution is 6.76. The van der Waals surface area contributed by atoms with E-state index in [2.05, 4.69) is 24.7 Å². The summed E-state index contributed by atoms with van der Waals surface area (Å²) >= 11 is 0. The van der Waals surface area contributed by atoms with Gasteiger partial charge in [0.2, 0.25) is 0 Å². The molecule has 1 heterocycles. The van der Waals surface area contributed by atoms with Crippen LogP contribution in [0.1, 0.15) is 10.4 Å². The van der Waals surface area contributed by atoms with Gasteiger partial charge in [-0.2, -0.15) is 5.10 Å². The van der Waals surface area contributed by atoms with Crippen LogP contribution in [0, 0.1) is 0 Å². The van der Waals surface area contributed by atoms with Crippen LogP contribution in [0.2, 0.25) is 25.7 Å². The number of hydrogen-bond acceptors (Lipinski definition) is 6. The van der Waals surface area contributed by atoms with E-state index in [1.54, 1.807) is 18.2 Å². The van der Waals surface area contributed by atoms with Crippen molar-refractivity contribution in [2.45, 2.75) is 32.4 Å². The minimum absolute atomic E-state index is 0.134. The normalized spacial score (nSPS) is 11.8. The predicted molar refractivity (Wildman–Crippen MR) is 95.0 cm³/mol. The summed E-state index contributed by atoms with van der Waals surface area (Å²) in [7, 11) is -1.57. The summed E-state index contributed by atoms with van der Waals surface area (Å²) < 4.78 is 11.9. The number of esters is 1. The molecule has 9 heteroatoms. The van der Waals surface area contributed by atoms with Crippen molar-refractivity contribution in [3.8, 4) is 0 Å². The van der Waals surface area contributed by atoms with Crippen LogP contribution in [0.5, 0.6) is 0 Å². The molecule has 0 atom stereocenters. The predicted octanol–water partition coefficient (Wildman–Crippen LogP) is 0.815. The summed E-state index contributed by atoms with van der Waals surface area (Å²) in [5, 5.41) is 23.7. The fourth-order valence-corrected chi connectivity index (χ4v) is 3.02. The number of carbonyl (C=O) groups excluding carboxylic acids is 1. The molecule has 1 aromatic heterocycles. The Balaban J connectivity index is 2.28. The van der Waals surface area contributed by atoms with Crippen LogP contribution in [0.25, 0.3) is 10.9 Å². The Kier molecular flexibility index (Phi) is 5.81. The molecule has 7 nitrogen and oxygen atoms in total. The van der Waals surface area contributed by atoms with Gasteiger partial charge in [-0.3, -0.25) is 0 Å². The molecule has 0 spiro atoms. The molecule has 0 saturated heterocycles. The number of hydrogen-bond donors (Lipinski definition) is 2. The Morgan fingerprint density at radius 1 is 1.33 bits per heavy atom. The van der Waals surface area contributed by atoms with Crippen molar-refractivity contribution >= 4 is 37.7 Å². The van der Waals surface area contributed by atoms with Gasteiger partial charge in [-0.05, 0) is 18.2 Å². The second-order valence-corrected chi connectivity index (χ2v) is 12.5. The van der Waals surface area contributed by atoms with Crippen LogP contribution in [0.15, 0.2) is 18.2 Å². The fraction of sp³-hybridized carbons (Fsp3) is 0.467. The van der Waals surface area contributed by atoms with Gasteiger partial charge in [0, 0.05) is 20.1 Å². The van der Waals surface area contributed by atoms with Crippen molar-refractivity contribution < 1.29 is 24.3 Å². The van der Waals surface area contributed by atoms with E-state index in [1.807, 2.05) is 0 Å². The third kappa shape index (κ3) is 4.44. The highest BCUT2D eigenvalue weighted by Gasteiger charge is 2.22. The Morgan fingerprint density at radius 3 is 2.62 bits per heavy atom. The Labute approximate surface area is 142 Å². The van der Waals surface area contributed by atoms with E-state index < -0.39 is 21.2 Å². The van der Waals surface area contributed by atoms with E-state index in [4.69, 9.17) is 9.47 Å². The number of benzene rings is 1. The first-order valence-corrected chi connectivity index (χ1v) is 11.5. The summed E-state index contributed by atoms with van der Waals surface area (Å²) in [6.45, 7) is 7.59. The van der Waals surface area contributed by atoms with E-state index in [0.717, 1.165) is 6.04 Å². The number of methoxy groups -OCH3 is 1. The molecule has 1 aromatic carbocycles. The lowest BCUT2D eigenvalue weighted by atomic mass is 9.84. The minimum atomic E-state index is -1.69. The minimum Gasteiger partial charge on any atom is -0.465 e. The lowest BCUT2D eigenvalue weighted by Crippen LogP contribution is -2.32. The molecule has 130 valence electrons. The molecular weight excluding hydrogens is 327 g/mol. The molecule has 2 aromatic rings. The van der Waals surface area contributed by atoms with E-state index >= 15 is 0 Å². The van der Waals surface area contributed by atoms with Crippen LogP contribution >= 0.6 is 0 Å². The third-order valence-electron chi connectivity index (χ3n) is 3.66. The van der Waals surface area contributed by atoms with Gasteiger partial charge in [-0.25, -0.2) is 9.48 Å². The van der Waals surface area contributed by atoms with Gasteiger partial charge in [-0.1, -0.05) is 25.7 Å². The monoisotopic (exact) mass is 350 g/mol. The van der Waals surface area contributed by atoms with Crippen molar-refractivity contribution in [3.63, 3.8) is 0 Å². The number of nitrogens with zero attached hydrogens (tertiary/aromatic N) is 2. The zero-order valence-electron chi connectivity index (χ0n) is 14.4. The molecule has 0 amide bonds. The highest BCUT2D eigenvalue weighted by Crippen LogP contribution is 2.16. The summed E-state index contributed by atoms with van der Waals surface area (Å²) in [6, 6.07) is 5.83. The Morgan fingerprint density at radius 2 is 2.04 bits per heavy atom. The largest absolute Gasteiger partial charge is 0.510 e. The number of ether oxygens (including phenoxy) is 2. The summed E-state index contributed by atoms with van der Waals surface area (Å²) in [4.78, 5) is 11.7. The lowest BCUT2D eigenvalue weighted by Gasteiger charge is -2.15. The van der Waals surface area contributed by atoms with Crippen molar-refractivity contribution in [1.29, 1.82) is 0 Å². The molecule has 0 bridgehead atoms. The van der Waals surface area contributed by atoms with Crippen LogP contribution in [-0.2, 0) is 16.2 Å². The van der Waals surface area contributed by atoms with E-state index in [9.17, 15) is 14.8 Å². The first kappa shape index (κ1) is 18.7. The van der Waals surface area contributed by atoms with Gasteiger partial charge in [0.1, 0.15) is 12.3 Å². The van der Waals surface area contributed by atoms with E-state index in [1.165, 1.54) is 11.8 Å². The molecule has 0 aliphatic heterocycles. The maximum absolute atomic E-state index is 11.7. The molecule has 0 unspecified atom stereocenters. The molecule has 0 saturated carbocycles. The molecule has 2 rings (SSSR count). The zero-order valence-corrected chi connectivity index (χ0v) is 15.4. The number of aromatic nitrogens is 2. The number of fused-ring (bicyclic) bond motifs is 1. The molecule has 0 fully saturated rings. The number of carbonyl (C=O) groups is 1. The SMILES string of the molecule is COC(=O)c1ccc2c(B(O)O)nn(COCC[Si](C)(C)C)c2c1. The van der Waals surface area contributed by atoms with Crippen LogP contribution in [0.3, 0.4) is 0 Å². The third-order valence-corrected chi connectivity index (χ3v) is 5.36. The van der Waals surface area contributed by atoms with Gasteiger partial charge in [0.05, 0.1) is 18.2 Å². The van der Waals surface area contributed by atoms with Crippen molar-refractivity contribution in [1.82, 2.24) is 9.78 Å². The molecule has 24 heavy (non-hydrogen) atoms. The smallest absolute Gasteiger partial charge is 0.465 e. The maximum atomic E-state index is 11.7. The highest BCUT2D eigenvalue weighted by atomic mass is 28.3. The Bertz CT molecular complexity index is 726. The average molecular weight is 350 g/mol. The second kappa shape index (κ2) is 7.47. The summed E-state index contributed by atoms with van der Waals surface area (Å²) in [6.07, 6.45) is 0. The molecular formula is C15H23BN2O5Si. The molecule has 0 aliphatic carbocycles. The van der Waals surface area contributed by atoms with Crippen molar-refractivity contribution in [3.05, 3.63) is 23.8 Å². The Hall–Kier alpha value is -1.68. The summed E-state index contributed by atoms with van der Waals surface area (Å²) in [5.41, 5.74) is 1.09. The van der Waals surface area contributed by atoms with Crippen molar-refractivity contribution in [2.75, 3.05) is 13.7 Å². The summed E-state index contributed by atoms with van der Waals surface area (Å²) in [5.74, 6) is -0.463. The van der Waals surface area contributed by atoms with Gasteiger partial charge in [0.15, 0.2) is 0 Å². The second-order valence-electron chi connectivity index (χ2n) is 6.83. The molecule has 2 N–H and O–H groups in total. The molecule has 0 radical (unpaired) electrons. The topological polar surface area (TPSA) is 93.8 Å². The number of rotatable bonds is 7. The first-order valence-electron chi connectivity index (χ1n) is 7.75. The quantitative estimate of drug-likeness (QED) is 0.436. The first-order chi connectivity index (χ1) is 11.2. The van der Waals surface area contributed by atoms with E-state index in [-0.39, 0.29) is 12.3 Å². The van der Waals surface area contributed by atoms with Crippen LogP contribution < -0.4 is 5.59 Å². The zero-order chi connectivity index (χ0) is 17.9. The maximum Gasteiger partial charge on any atom is 0.510 e. The van der Waals surface area contributed by atoms with Gasteiger partial charge in [-0.15, -0.1) is 0 Å². The lowest BCUT2D eigenvalue weighted by molar-refractivity contribution is 0.0600. The van der Waals surface area contributed by atoms with Gasteiger partial charge < -0.3 is 19.5 Å². The van der Waals surface area contributed by atoms with Crippen LogP contribution in [0.4, 0.5) is 0 Å². The average Bonchev–Trinajstić information content (AvgIpc) is 2.88. The van der Waals surface area contributed by atoms with Crippen LogP contribution in [-0.4, -0.2) is 54.7 Å². The van der Waals surface area contributed by atoms with Crippen molar-refractivity contribution in [2.24, 2.45) is 0 Å². The van der Waals surface area contributed by atoms with Gasteiger partial charge in [0.25, 0.3) is 0 Å². The molecule has 0 aliphatic rings. The fourth-order valence-electron chi connectivity index (χ4n) is 2.26. The standard InChI is InChI=1S/C15H23BN2O5Si/c1-22-15(19)11-5-6-12-13(9-11)18(17-14(12)16(20)21)10-23-7-8-24(2,3)4/h5-6,9,20-21H,7-8,10H2,1-4H3. The van der Waals surface area contributed by atoms with E-state index in [0.29, 0.717) is 23.1 Å². The van der Waals surface area contributed by atoms with Gasteiger partial charge >= 0.3 is 13.1 Å².